The number of aryl methyl sites for hydroxylation is 1. The molecular formula is C24H22F2N6O. The van der Waals surface area contributed by atoms with Gasteiger partial charge >= 0.3 is 0 Å². The molecule has 1 amide bonds. The number of likely N-dealkylation sites (N-methyl/N-ethyl adjacent to an activating group) is 1. The number of anilines is 2. The van der Waals surface area contributed by atoms with Gasteiger partial charge in [0.25, 0.3) is 0 Å². The fourth-order valence-electron chi connectivity index (χ4n) is 4.38. The second-order valence-corrected chi connectivity index (χ2v) is 8.19. The predicted octanol–water partition coefficient (Wildman–Crippen LogP) is 3.71. The molecule has 9 heteroatoms. The van der Waals surface area contributed by atoms with Crippen molar-refractivity contribution < 1.29 is 13.6 Å². The van der Waals surface area contributed by atoms with Crippen LogP contribution in [0.4, 0.5) is 20.3 Å². The quantitative estimate of drug-likeness (QED) is 0.486. The summed E-state index contributed by atoms with van der Waals surface area (Å²) in [4.78, 5) is 23.5. The minimum Gasteiger partial charge on any atom is -0.370 e. The first-order valence-electron chi connectivity index (χ1n) is 10.5. The van der Waals surface area contributed by atoms with E-state index in [1.807, 2.05) is 20.0 Å². The van der Waals surface area contributed by atoms with Crippen LogP contribution >= 0.6 is 0 Å². The molecule has 4 aromatic rings. The number of carbonyl (C=O) groups excluding carboxylic acids is 1. The number of hydrogen-bond acceptors (Lipinski definition) is 5. The first-order valence-corrected chi connectivity index (χ1v) is 10.5. The van der Waals surface area contributed by atoms with Gasteiger partial charge in [-0.1, -0.05) is 12.1 Å². The Kier molecular flexibility index (Phi) is 4.96. The lowest BCUT2D eigenvalue weighted by atomic mass is 10.1. The smallest absolute Gasteiger partial charge is 0.249 e. The third-order valence-corrected chi connectivity index (χ3v) is 5.89. The van der Waals surface area contributed by atoms with E-state index >= 15 is 0 Å². The lowest BCUT2D eigenvalue weighted by Crippen LogP contribution is -2.16. The van der Waals surface area contributed by atoms with Crippen LogP contribution < -0.4 is 16.0 Å². The summed E-state index contributed by atoms with van der Waals surface area (Å²) in [5.41, 5.74) is 9.30. The first kappa shape index (κ1) is 20.9. The number of benzene rings is 2. The molecule has 1 aliphatic heterocycles. The van der Waals surface area contributed by atoms with Crippen molar-refractivity contribution in [3.8, 4) is 5.95 Å². The van der Waals surface area contributed by atoms with Crippen molar-refractivity contribution in [2.24, 2.45) is 5.73 Å². The van der Waals surface area contributed by atoms with E-state index < -0.39 is 11.7 Å². The Morgan fingerprint density at radius 3 is 2.73 bits per heavy atom. The Hall–Kier alpha value is -4.01. The number of carbonyl (C=O) groups is 1. The van der Waals surface area contributed by atoms with Crippen LogP contribution in [-0.2, 0) is 13.0 Å². The Labute approximate surface area is 188 Å². The lowest BCUT2D eigenvalue weighted by Gasteiger charge is -2.18. The van der Waals surface area contributed by atoms with Gasteiger partial charge in [0.05, 0.1) is 16.8 Å². The minimum atomic E-state index is -0.703. The second kappa shape index (κ2) is 7.84. The van der Waals surface area contributed by atoms with Crippen molar-refractivity contribution in [2.45, 2.75) is 19.9 Å². The summed E-state index contributed by atoms with van der Waals surface area (Å²) < 4.78 is 29.7. The molecule has 7 nitrogen and oxygen atoms in total. The van der Waals surface area contributed by atoms with Gasteiger partial charge in [0.15, 0.2) is 5.82 Å². The number of fused-ring (bicyclic) bond motifs is 2. The number of primary amides is 1. The molecule has 0 saturated heterocycles. The van der Waals surface area contributed by atoms with E-state index in [1.54, 1.807) is 16.7 Å². The molecule has 0 aliphatic carbocycles. The Morgan fingerprint density at radius 2 is 1.97 bits per heavy atom. The molecule has 5 rings (SSSR count). The zero-order valence-corrected chi connectivity index (χ0v) is 18.2. The van der Waals surface area contributed by atoms with Gasteiger partial charge in [-0.25, -0.2) is 13.8 Å². The van der Waals surface area contributed by atoms with Crippen molar-refractivity contribution >= 4 is 28.3 Å². The van der Waals surface area contributed by atoms with Crippen molar-refractivity contribution in [3.05, 3.63) is 76.6 Å². The average molecular weight is 448 g/mol. The first-order chi connectivity index (χ1) is 15.8. The summed E-state index contributed by atoms with van der Waals surface area (Å²) >= 11 is 0. The van der Waals surface area contributed by atoms with Crippen LogP contribution in [-0.4, -0.2) is 34.0 Å². The highest BCUT2D eigenvalue weighted by Gasteiger charge is 2.25. The molecule has 0 spiro atoms. The fraction of sp³-hybridized carbons (Fsp3) is 0.208. The Balaban J connectivity index is 1.64. The van der Waals surface area contributed by atoms with Crippen LogP contribution in [0.15, 0.2) is 42.5 Å². The maximum absolute atomic E-state index is 14.3. The van der Waals surface area contributed by atoms with E-state index in [0.717, 1.165) is 41.7 Å². The molecule has 33 heavy (non-hydrogen) atoms. The van der Waals surface area contributed by atoms with Crippen LogP contribution in [0.1, 0.15) is 27.3 Å². The molecule has 1 aliphatic rings. The molecule has 168 valence electrons. The lowest BCUT2D eigenvalue weighted by molar-refractivity contribution is 0.100. The molecule has 3 N–H and O–H groups in total. The molecule has 3 heterocycles. The molecule has 2 aromatic carbocycles. The van der Waals surface area contributed by atoms with E-state index in [2.05, 4.69) is 10.2 Å². The summed E-state index contributed by atoms with van der Waals surface area (Å²) in [7, 11) is 1.97. The number of nitrogens with two attached hydrogens (primary N) is 1. The van der Waals surface area contributed by atoms with Gasteiger partial charge in [0, 0.05) is 37.6 Å². The van der Waals surface area contributed by atoms with Gasteiger partial charge < -0.3 is 16.0 Å². The van der Waals surface area contributed by atoms with Gasteiger partial charge in [0.1, 0.15) is 17.3 Å². The molecule has 0 unspecified atom stereocenters. The Morgan fingerprint density at radius 1 is 1.15 bits per heavy atom. The summed E-state index contributed by atoms with van der Waals surface area (Å²) in [5, 5.41) is 3.85. The van der Waals surface area contributed by atoms with Crippen LogP contribution in [0.3, 0.4) is 0 Å². The highest BCUT2D eigenvalue weighted by atomic mass is 19.1. The van der Waals surface area contributed by atoms with E-state index in [4.69, 9.17) is 15.7 Å². The Bertz CT molecular complexity index is 1410. The molecule has 2 aromatic heterocycles. The molecule has 0 atom stereocenters. The minimum absolute atomic E-state index is 0.109. The van der Waals surface area contributed by atoms with E-state index in [0.29, 0.717) is 29.2 Å². The summed E-state index contributed by atoms with van der Waals surface area (Å²) in [6.45, 7) is 3.00. The summed E-state index contributed by atoms with van der Waals surface area (Å²) in [6, 6.07) is 10.6. The molecule has 0 saturated carbocycles. The number of nitrogens with one attached hydrogen (secondary N) is 1. The predicted molar refractivity (Wildman–Crippen MR) is 123 cm³/mol. The highest BCUT2D eigenvalue weighted by molar-refractivity contribution is 6.06. The monoisotopic (exact) mass is 448 g/mol. The highest BCUT2D eigenvalue weighted by Crippen LogP contribution is 2.35. The third kappa shape index (κ3) is 3.65. The maximum atomic E-state index is 14.3. The topological polar surface area (TPSA) is 89.1 Å². The average Bonchev–Trinajstić information content (AvgIpc) is 3.30. The van der Waals surface area contributed by atoms with Gasteiger partial charge in [-0.05, 0) is 42.8 Å². The number of hydrogen-bond donors (Lipinski definition) is 2. The molecular weight excluding hydrogens is 426 g/mol. The number of halogens is 2. The van der Waals surface area contributed by atoms with Crippen LogP contribution in [0, 0.1) is 18.6 Å². The normalized spacial score (nSPS) is 12.9. The maximum Gasteiger partial charge on any atom is 0.249 e. The van der Waals surface area contributed by atoms with Crippen molar-refractivity contribution in [2.75, 3.05) is 23.8 Å². The summed E-state index contributed by atoms with van der Waals surface area (Å²) in [6.07, 6.45) is 0.731. The SMILES string of the molecule is Cc1cc2c(C(N)=O)cc(F)cc2n1-c1nc2c(c(NCc3cccc(F)c3)n1)N(C)CC2. The van der Waals surface area contributed by atoms with Gasteiger partial charge in [0.2, 0.25) is 11.9 Å². The number of aromatic nitrogens is 3. The van der Waals surface area contributed by atoms with E-state index in [9.17, 15) is 13.6 Å². The van der Waals surface area contributed by atoms with Crippen LogP contribution in [0.25, 0.3) is 16.9 Å². The van der Waals surface area contributed by atoms with E-state index in [1.165, 1.54) is 18.2 Å². The van der Waals surface area contributed by atoms with Crippen molar-refractivity contribution in [1.29, 1.82) is 0 Å². The van der Waals surface area contributed by atoms with Gasteiger partial charge in [-0.2, -0.15) is 4.98 Å². The molecule has 0 fully saturated rings. The number of amides is 1. The number of rotatable bonds is 5. The third-order valence-electron chi connectivity index (χ3n) is 5.89. The standard InChI is InChI=1S/C24H22F2N6O/c1-13-8-17-18(22(27)33)10-16(26)11-20(17)32(13)24-29-19-6-7-31(2)21(19)23(30-24)28-12-14-4-3-5-15(25)9-14/h3-5,8-11H,6-7,12H2,1-2H3,(H2,27,33)(H,28,29,30). The second-order valence-electron chi connectivity index (χ2n) is 8.19. The van der Waals surface area contributed by atoms with Crippen LogP contribution in [0.5, 0.6) is 0 Å². The zero-order chi connectivity index (χ0) is 23.3. The fourth-order valence-corrected chi connectivity index (χ4v) is 4.38. The van der Waals surface area contributed by atoms with Crippen LogP contribution in [0.2, 0.25) is 0 Å². The molecule has 0 bridgehead atoms. The molecule has 0 radical (unpaired) electrons. The van der Waals surface area contributed by atoms with Crippen molar-refractivity contribution in [3.63, 3.8) is 0 Å². The van der Waals surface area contributed by atoms with E-state index in [-0.39, 0.29) is 11.4 Å². The largest absolute Gasteiger partial charge is 0.370 e. The van der Waals surface area contributed by atoms with Crippen molar-refractivity contribution in [1.82, 2.24) is 14.5 Å². The number of nitrogens with zero attached hydrogens (tertiary/aromatic N) is 4. The zero-order valence-electron chi connectivity index (χ0n) is 18.2. The summed E-state index contributed by atoms with van der Waals surface area (Å²) in [5.74, 6) is -0.611. The van der Waals surface area contributed by atoms with Gasteiger partial charge in [-0.15, -0.1) is 0 Å². The van der Waals surface area contributed by atoms with Gasteiger partial charge in [-0.3, -0.25) is 9.36 Å².